The molecule has 1 aliphatic rings. The van der Waals surface area contributed by atoms with Crippen molar-refractivity contribution < 1.29 is 4.79 Å². The molecule has 0 saturated heterocycles. The summed E-state index contributed by atoms with van der Waals surface area (Å²) in [5.74, 6) is 0.476. The van der Waals surface area contributed by atoms with Crippen LogP contribution in [0.1, 0.15) is 25.3 Å². The Hall–Kier alpha value is -1.68. The summed E-state index contributed by atoms with van der Waals surface area (Å²) in [5.41, 5.74) is 2.12. The fraction of sp³-hybridized carbons (Fsp3) is 0.350. The van der Waals surface area contributed by atoms with Gasteiger partial charge in [-0.05, 0) is 43.5 Å². The minimum atomic E-state index is -0.174. The number of guanidine groups is 1. The lowest BCUT2D eigenvalue weighted by atomic mass is 9.96. The van der Waals surface area contributed by atoms with Gasteiger partial charge in [-0.2, -0.15) is 0 Å². The molecule has 3 N–H and O–H groups in total. The van der Waals surface area contributed by atoms with E-state index in [-0.39, 0.29) is 41.8 Å². The molecule has 1 fully saturated rings. The third-order valence-electron chi connectivity index (χ3n) is 4.56. The van der Waals surface area contributed by atoms with Crippen LogP contribution in [-0.4, -0.2) is 36.5 Å². The molecule has 0 bridgehead atoms. The van der Waals surface area contributed by atoms with E-state index >= 15 is 0 Å². The predicted octanol–water partition coefficient (Wildman–Crippen LogP) is 3.69. The van der Waals surface area contributed by atoms with Crippen LogP contribution in [0.2, 0.25) is 0 Å². The van der Waals surface area contributed by atoms with Gasteiger partial charge in [0, 0.05) is 29.2 Å². The molecule has 150 valence electrons. The van der Waals surface area contributed by atoms with Crippen molar-refractivity contribution in [2.24, 2.45) is 4.99 Å². The number of pyridine rings is 1. The van der Waals surface area contributed by atoms with Gasteiger partial charge in [-0.1, -0.05) is 34.1 Å². The Morgan fingerprint density at radius 2 is 2.00 bits per heavy atom. The first-order chi connectivity index (χ1) is 13.1. The van der Waals surface area contributed by atoms with E-state index in [1.807, 2.05) is 13.0 Å². The van der Waals surface area contributed by atoms with Gasteiger partial charge in [0.05, 0.1) is 11.9 Å². The summed E-state index contributed by atoms with van der Waals surface area (Å²) in [7, 11) is 0. The van der Waals surface area contributed by atoms with Crippen LogP contribution in [0, 0.1) is 0 Å². The van der Waals surface area contributed by atoms with E-state index in [9.17, 15) is 4.79 Å². The average Bonchev–Trinajstić information content (AvgIpc) is 3.46. The highest BCUT2D eigenvalue weighted by Crippen LogP contribution is 2.49. The van der Waals surface area contributed by atoms with E-state index in [4.69, 9.17) is 0 Å². The van der Waals surface area contributed by atoms with Gasteiger partial charge in [0.1, 0.15) is 6.54 Å². The van der Waals surface area contributed by atoms with Crippen molar-refractivity contribution >= 4 is 57.5 Å². The summed E-state index contributed by atoms with van der Waals surface area (Å²) in [6.07, 6.45) is 5.56. The fourth-order valence-electron chi connectivity index (χ4n) is 2.97. The molecule has 0 spiro atoms. The maximum absolute atomic E-state index is 12.1. The highest BCUT2D eigenvalue weighted by molar-refractivity contribution is 14.0. The zero-order valence-electron chi connectivity index (χ0n) is 15.7. The molecule has 6 nitrogen and oxygen atoms in total. The molecule has 1 amide bonds. The van der Waals surface area contributed by atoms with Crippen molar-refractivity contribution in [2.75, 3.05) is 25.0 Å². The van der Waals surface area contributed by atoms with Crippen molar-refractivity contribution in [3.63, 3.8) is 0 Å². The van der Waals surface area contributed by atoms with Crippen LogP contribution in [0.25, 0.3) is 0 Å². The van der Waals surface area contributed by atoms with Gasteiger partial charge in [0.15, 0.2) is 5.96 Å². The van der Waals surface area contributed by atoms with Gasteiger partial charge in [-0.3, -0.25) is 9.78 Å². The third kappa shape index (κ3) is 6.16. The molecule has 28 heavy (non-hydrogen) atoms. The second kappa shape index (κ2) is 10.8. The number of halogens is 2. The van der Waals surface area contributed by atoms with Crippen LogP contribution >= 0.6 is 39.9 Å². The van der Waals surface area contributed by atoms with Crippen molar-refractivity contribution in [1.29, 1.82) is 0 Å². The first-order valence-electron chi connectivity index (χ1n) is 9.10. The maximum atomic E-state index is 12.1. The maximum Gasteiger partial charge on any atom is 0.246 e. The average molecular weight is 558 g/mol. The largest absolute Gasteiger partial charge is 0.357 e. The van der Waals surface area contributed by atoms with E-state index in [0.717, 1.165) is 30.4 Å². The predicted molar refractivity (Wildman–Crippen MR) is 127 cm³/mol. The molecule has 1 saturated carbocycles. The number of anilines is 1. The first kappa shape index (κ1) is 22.6. The van der Waals surface area contributed by atoms with E-state index in [2.05, 4.69) is 60.1 Å². The molecular formula is C20H25BrIN5O. The molecule has 1 aromatic heterocycles. The molecule has 1 heterocycles. The minimum Gasteiger partial charge on any atom is -0.357 e. The highest BCUT2D eigenvalue weighted by Gasteiger charge is 2.45. The Kier molecular flexibility index (Phi) is 8.68. The number of aliphatic imine (C=N–C) groups is 1. The Morgan fingerprint density at radius 3 is 2.64 bits per heavy atom. The van der Waals surface area contributed by atoms with Crippen LogP contribution < -0.4 is 16.0 Å². The van der Waals surface area contributed by atoms with Gasteiger partial charge in [0.2, 0.25) is 5.91 Å². The van der Waals surface area contributed by atoms with Gasteiger partial charge in [0.25, 0.3) is 0 Å². The lowest BCUT2D eigenvalue weighted by Gasteiger charge is -2.20. The molecule has 1 aliphatic carbocycles. The second-order valence-corrected chi connectivity index (χ2v) is 7.45. The van der Waals surface area contributed by atoms with Crippen molar-refractivity contribution in [2.45, 2.75) is 25.2 Å². The number of nitrogens with zero attached hydrogens (tertiary/aromatic N) is 2. The van der Waals surface area contributed by atoms with Crippen LogP contribution in [0.4, 0.5) is 5.69 Å². The van der Waals surface area contributed by atoms with Crippen LogP contribution in [0.5, 0.6) is 0 Å². The number of hydrogen-bond donors (Lipinski definition) is 3. The van der Waals surface area contributed by atoms with Crippen LogP contribution in [-0.2, 0) is 10.2 Å². The number of benzene rings is 1. The fourth-order valence-corrected chi connectivity index (χ4v) is 3.67. The van der Waals surface area contributed by atoms with Gasteiger partial charge >= 0.3 is 0 Å². The zero-order chi connectivity index (χ0) is 19.1. The van der Waals surface area contributed by atoms with E-state index in [0.29, 0.717) is 11.6 Å². The lowest BCUT2D eigenvalue weighted by molar-refractivity contribution is -0.114. The van der Waals surface area contributed by atoms with Crippen LogP contribution in [0.15, 0.2) is 58.3 Å². The van der Waals surface area contributed by atoms with Gasteiger partial charge in [-0.15, -0.1) is 24.0 Å². The summed E-state index contributed by atoms with van der Waals surface area (Å²) >= 11 is 3.66. The Bertz CT molecular complexity index is 811. The SMILES string of the molecule is CCNC(=NCC(=O)Nc1cccnc1)NCC1(c2ccccc2Br)CC1.I. The molecule has 1 aromatic carbocycles. The summed E-state index contributed by atoms with van der Waals surface area (Å²) in [5, 5.41) is 9.38. The number of carbonyl (C=O) groups is 1. The quantitative estimate of drug-likeness (QED) is 0.276. The highest BCUT2D eigenvalue weighted by atomic mass is 127. The summed E-state index contributed by atoms with van der Waals surface area (Å²) in [4.78, 5) is 20.5. The second-order valence-electron chi connectivity index (χ2n) is 6.60. The molecular weight excluding hydrogens is 533 g/mol. The lowest BCUT2D eigenvalue weighted by Crippen LogP contribution is -2.41. The number of aromatic nitrogens is 1. The zero-order valence-corrected chi connectivity index (χ0v) is 19.7. The molecule has 0 aliphatic heterocycles. The number of rotatable bonds is 7. The van der Waals surface area contributed by atoms with Crippen molar-refractivity contribution in [1.82, 2.24) is 15.6 Å². The summed E-state index contributed by atoms with van der Waals surface area (Å²) in [6.45, 7) is 3.57. The monoisotopic (exact) mass is 557 g/mol. The Morgan fingerprint density at radius 1 is 1.21 bits per heavy atom. The smallest absolute Gasteiger partial charge is 0.246 e. The molecule has 8 heteroatoms. The number of carbonyl (C=O) groups excluding carboxylic acids is 1. The van der Waals surface area contributed by atoms with Crippen molar-refractivity contribution in [3.8, 4) is 0 Å². The van der Waals surface area contributed by atoms with Gasteiger partial charge < -0.3 is 16.0 Å². The standard InChI is InChI=1S/C20H24BrN5O.HI/c1-2-23-19(24-13-18(27)26-15-6-5-11-22-12-15)25-14-20(9-10-20)16-7-3-4-8-17(16)21;/h3-8,11-12H,2,9-10,13-14H2,1H3,(H,26,27)(H2,23,24,25);1H. The molecule has 0 radical (unpaired) electrons. The van der Waals surface area contributed by atoms with Crippen molar-refractivity contribution in [3.05, 3.63) is 58.8 Å². The first-order valence-corrected chi connectivity index (χ1v) is 9.89. The minimum absolute atomic E-state index is 0. The number of nitrogens with one attached hydrogen (secondary N) is 3. The molecule has 3 rings (SSSR count). The topological polar surface area (TPSA) is 78.4 Å². The Balaban J connectivity index is 0.00000280. The van der Waals surface area contributed by atoms with E-state index < -0.39 is 0 Å². The molecule has 0 atom stereocenters. The summed E-state index contributed by atoms with van der Waals surface area (Å²) in [6, 6.07) is 11.9. The van der Waals surface area contributed by atoms with Crippen LogP contribution in [0.3, 0.4) is 0 Å². The Labute approximate surface area is 191 Å². The van der Waals surface area contributed by atoms with E-state index in [1.54, 1.807) is 24.5 Å². The summed E-state index contributed by atoms with van der Waals surface area (Å²) < 4.78 is 1.14. The number of amides is 1. The molecule has 0 unspecified atom stereocenters. The van der Waals surface area contributed by atoms with E-state index in [1.165, 1.54) is 5.56 Å². The third-order valence-corrected chi connectivity index (χ3v) is 5.25. The van der Waals surface area contributed by atoms with Gasteiger partial charge in [-0.25, -0.2) is 4.99 Å². The number of hydrogen-bond acceptors (Lipinski definition) is 3. The normalized spacial score (nSPS) is 14.6. The molecule has 2 aromatic rings.